The number of rotatable bonds is 2. The highest BCUT2D eigenvalue weighted by atomic mass is 16.6. The van der Waals surface area contributed by atoms with Gasteiger partial charge >= 0.3 is 6.09 Å². The van der Waals surface area contributed by atoms with Crippen LogP contribution in [0.3, 0.4) is 0 Å². The van der Waals surface area contributed by atoms with Crippen LogP contribution in [0, 0.1) is 0 Å². The number of methoxy groups -OCH3 is 1. The topological polar surface area (TPSA) is 85.1 Å². The van der Waals surface area contributed by atoms with Gasteiger partial charge in [-0.05, 0) is 57.7 Å². The van der Waals surface area contributed by atoms with Crippen LogP contribution >= 0.6 is 0 Å². The Morgan fingerprint density at radius 3 is 2.62 bits per heavy atom. The lowest BCUT2D eigenvalue weighted by Crippen LogP contribution is -2.48. The molecule has 7 nitrogen and oxygen atoms in total. The number of nitrogens with zero attached hydrogens (tertiary/aromatic N) is 2. The molecule has 2 heterocycles. The Balaban J connectivity index is 1.80. The van der Waals surface area contributed by atoms with E-state index in [1.54, 1.807) is 23.0 Å². The summed E-state index contributed by atoms with van der Waals surface area (Å²) < 4.78 is 10.7. The first-order valence-corrected chi connectivity index (χ1v) is 8.98. The fourth-order valence-corrected chi connectivity index (χ4v) is 3.58. The summed E-state index contributed by atoms with van der Waals surface area (Å²) >= 11 is 0. The van der Waals surface area contributed by atoms with Crippen molar-refractivity contribution in [1.82, 2.24) is 4.90 Å². The lowest BCUT2D eigenvalue weighted by Gasteiger charge is -2.30. The number of benzene rings is 1. The monoisotopic (exact) mass is 361 g/mol. The first-order chi connectivity index (χ1) is 12.2. The summed E-state index contributed by atoms with van der Waals surface area (Å²) in [6, 6.07) is 3.18. The molecule has 1 atom stereocenters. The molecule has 0 spiro atoms. The van der Waals surface area contributed by atoms with Gasteiger partial charge in [0.2, 0.25) is 5.91 Å². The normalized spacial score (nSPS) is 19.5. The highest BCUT2D eigenvalue weighted by Crippen LogP contribution is 2.37. The van der Waals surface area contributed by atoms with Crippen molar-refractivity contribution in [2.45, 2.75) is 51.7 Å². The number of ether oxygens (including phenoxy) is 2. The summed E-state index contributed by atoms with van der Waals surface area (Å²) in [4.78, 5) is 28.9. The molecule has 26 heavy (non-hydrogen) atoms. The predicted octanol–water partition coefficient (Wildman–Crippen LogP) is 2.57. The number of fused-ring (bicyclic) bond motifs is 1. The van der Waals surface area contributed by atoms with Gasteiger partial charge in [0.05, 0.1) is 12.8 Å². The average molecular weight is 361 g/mol. The fourth-order valence-electron chi connectivity index (χ4n) is 3.58. The second-order valence-corrected chi connectivity index (χ2v) is 7.79. The highest BCUT2D eigenvalue weighted by Gasteiger charge is 2.40. The Morgan fingerprint density at radius 1 is 1.23 bits per heavy atom. The Hall–Kier alpha value is -2.44. The van der Waals surface area contributed by atoms with E-state index in [0.717, 1.165) is 24.1 Å². The van der Waals surface area contributed by atoms with Crippen molar-refractivity contribution in [2.75, 3.05) is 30.8 Å². The number of nitrogens with two attached hydrogens (primary N) is 1. The zero-order chi connectivity index (χ0) is 19.1. The van der Waals surface area contributed by atoms with Gasteiger partial charge in [-0.3, -0.25) is 9.69 Å². The van der Waals surface area contributed by atoms with Crippen LogP contribution in [-0.2, 0) is 16.0 Å². The fraction of sp³-hybridized carbons (Fsp3) is 0.579. The molecule has 2 N–H and O–H groups in total. The maximum atomic E-state index is 13.2. The molecule has 0 radical (unpaired) electrons. The Kier molecular flexibility index (Phi) is 4.73. The first kappa shape index (κ1) is 18.4. The van der Waals surface area contributed by atoms with Crippen LogP contribution in [0.2, 0.25) is 0 Å². The van der Waals surface area contributed by atoms with E-state index in [1.807, 2.05) is 26.8 Å². The van der Waals surface area contributed by atoms with Crippen LogP contribution in [-0.4, -0.2) is 48.7 Å². The molecule has 1 unspecified atom stereocenters. The third kappa shape index (κ3) is 3.43. The van der Waals surface area contributed by atoms with Crippen LogP contribution in [0.4, 0.5) is 16.2 Å². The molecular weight excluding hydrogens is 334 g/mol. The predicted molar refractivity (Wildman–Crippen MR) is 99.4 cm³/mol. The lowest BCUT2D eigenvalue weighted by atomic mass is 10.1. The van der Waals surface area contributed by atoms with Crippen molar-refractivity contribution in [2.24, 2.45) is 0 Å². The van der Waals surface area contributed by atoms with E-state index in [0.29, 0.717) is 30.9 Å². The summed E-state index contributed by atoms with van der Waals surface area (Å²) in [6.07, 6.45) is 1.76. The SMILES string of the molecule is COc1cc2c(cc1N)N(C(=O)C1CCCN1C(=O)OC(C)(C)C)CC2. The van der Waals surface area contributed by atoms with Crippen molar-refractivity contribution < 1.29 is 19.1 Å². The average Bonchev–Trinajstić information content (AvgIpc) is 3.18. The third-order valence-corrected chi connectivity index (χ3v) is 4.76. The Bertz CT molecular complexity index is 726. The van der Waals surface area contributed by atoms with Crippen LogP contribution in [0.1, 0.15) is 39.2 Å². The molecule has 0 aromatic heterocycles. The number of hydrogen-bond donors (Lipinski definition) is 1. The molecule has 1 aromatic rings. The molecule has 0 bridgehead atoms. The van der Waals surface area contributed by atoms with Gasteiger partial charge in [-0.25, -0.2) is 4.79 Å². The molecule has 0 aliphatic carbocycles. The first-order valence-electron chi connectivity index (χ1n) is 8.98. The minimum Gasteiger partial charge on any atom is -0.495 e. The van der Waals surface area contributed by atoms with Crippen molar-refractivity contribution >= 4 is 23.4 Å². The Labute approximate surface area is 154 Å². The van der Waals surface area contributed by atoms with E-state index in [2.05, 4.69) is 0 Å². The van der Waals surface area contributed by atoms with Crippen LogP contribution in [0.5, 0.6) is 5.75 Å². The van der Waals surface area contributed by atoms with Gasteiger partial charge < -0.3 is 20.1 Å². The molecular formula is C19H27N3O4. The van der Waals surface area contributed by atoms with Crippen LogP contribution in [0.15, 0.2) is 12.1 Å². The van der Waals surface area contributed by atoms with Crippen LogP contribution in [0.25, 0.3) is 0 Å². The van der Waals surface area contributed by atoms with Crippen molar-refractivity contribution in [3.8, 4) is 5.75 Å². The van der Waals surface area contributed by atoms with E-state index < -0.39 is 17.7 Å². The summed E-state index contributed by atoms with van der Waals surface area (Å²) in [5.74, 6) is 0.547. The van der Waals surface area contributed by atoms with Gasteiger partial charge in [-0.2, -0.15) is 0 Å². The maximum Gasteiger partial charge on any atom is 0.410 e. The standard InChI is InChI=1S/C19H27N3O4/c1-19(2,3)26-18(24)22-8-5-6-14(22)17(23)21-9-7-12-10-16(25-4)13(20)11-15(12)21/h10-11,14H,5-9,20H2,1-4H3. The van der Waals surface area contributed by atoms with Gasteiger partial charge in [0.25, 0.3) is 0 Å². The molecule has 1 fully saturated rings. The van der Waals surface area contributed by atoms with E-state index in [9.17, 15) is 9.59 Å². The molecule has 142 valence electrons. The number of carbonyl (C=O) groups is 2. The smallest absolute Gasteiger partial charge is 0.410 e. The number of nitrogen functional groups attached to an aromatic ring is 1. The molecule has 7 heteroatoms. The van der Waals surface area contributed by atoms with Gasteiger partial charge in [-0.1, -0.05) is 0 Å². The third-order valence-electron chi connectivity index (χ3n) is 4.76. The second kappa shape index (κ2) is 6.70. The molecule has 3 rings (SSSR count). The number of amides is 2. The summed E-state index contributed by atoms with van der Waals surface area (Å²) in [6.45, 7) is 6.59. The quantitative estimate of drug-likeness (QED) is 0.818. The molecule has 2 aliphatic heterocycles. The van der Waals surface area contributed by atoms with Gasteiger partial charge in [0, 0.05) is 18.8 Å². The number of likely N-dealkylation sites (tertiary alicyclic amines) is 1. The number of hydrogen-bond acceptors (Lipinski definition) is 5. The van der Waals surface area contributed by atoms with Crippen molar-refractivity contribution in [3.05, 3.63) is 17.7 Å². The zero-order valence-electron chi connectivity index (χ0n) is 15.9. The Morgan fingerprint density at radius 2 is 1.96 bits per heavy atom. The second-order valence-electron chi connectivity index (χ2n) is 7.79. The minimum absolute atomic E-state index is 0.0725. The largest absolute Gasteiger partial charge is 0.495 e. The van der Waals surface area contributed by atoms with Gasteiger partial charge in [-0.15, -0.1) is 0 Å². The van der Waals surface area contributed by atoms with E-state index in [1.165, 1.54) is 0 Å². The molecule has 1 aromatic carbocycles. The van der Waals surface area contributed by atoms with E-state index in [4.69, 9.17) is 15.2 Å². The highest BCUT2D eigenvalue weighted by molar-refractivity contribution is 6.01. The van der Waals surface area contributed by atoms with Crippen molar-refractivity contribution in [3.63, 3.8) is 0 Å². The lowest BCUT2D eigenvalue weighted by molar-refractivity contribution is -0.122. The van der Waals surface area contributed by atoms with E-state index in [-0.39, 0.29) is 5.91 Å². The number of anilines is 2. The summed E-state index contributed by atoms with van der Waals surface area (Å²) in [5.41, 5.74) is 7.78. The zero-order valence-corrected chi connectivity index (χ0v) is 15.9. The molecule has 0 saturated carbocycles. The molecule has 2 amide bonds. The summed E-state index contributed by atoms with van der Waals surface area (Å²) in [5, 5.41) is 0. The van der Waals surface area contributed by atoms with Gasteiger partial charge in [0.15, 0.2) is 0 Å². The minimum atomic E-state index is -0.585. The molecule has 1 saturated heterocycles. The molecule has 2 aliphatic rings. The van der Waals surface area contributed by atoms with Crippen LogP contribution < -0.4 is 15.4 Å². The summed E-state index contributed by atoms with van der Waals surface area (Å²) in [7, 11) is 1.58. The maximum absolute atomic E-state index is 13.2. The van der Waals surface area contributed by atoms with E-state index >= 15 is 0 Å². The van der Waals surface area contributed by atoms with Crippen molar-refractivity contribution in [1.29, 1.82) is 0 Å². The number of carbonyl (C=O) groups excluding carboxylic acids is 2. The van der Waals surface area contributed by atoms with Gasteiger partial charge in [0.1, 0.15) is 17.4 Å².